The molecule has 32 heavy (non-hydrogen) atoms. The predicted molar refractivity (Wildman–Crippen MR) is 120 cm³/mol. The zero-order valence-corrected chi connectivity index (χ0v) is 19.7. The molecule has 1 saturated heterocycles. The molecule has 0 atom stereocenters. The topological polar surface area (TPSA) is 131 Å². The molecule has 2 N–H and O–H groups in total. The number of amides is 1. The molecule has 1 amide bonds. The van der Waals surface area contributed by atoms with Crippen molar-refractivity contribution in [2.75, 3.05) is 49.7 Å². The van der Waals surface area contributed by atoms with Gasteiger partial charge in [0.25, 0.3) is 5.91 Å². The Morgan fingerprint density at radius 1 is 1.06 bits per heavy atom. The number of nitrogens with one attached hydrogen (secondary N) is 2. The van der Waals surface area contributed by atoms with Crippen LogP contribution in [-0.4, -0.2) is 66.7 Å². The average Bonchev–Trinajstić information content (AvgIpc) is 2.73. The Balaban J connectivity index is 1.86. The van der Waals surface area contributed by atoms with E-state index in [9.17, 15) is 21.6 Å². The van der Waals surface area contributed by atoms with E-state index in [2.05, 4.69) is 10.0 Å². The Hall–Kier alpha value is -2.38. The Morgan fingerprint density at radius 2 is 1.72 bits per heavy atom. The number of hydrogen-bond acceptors (Lipinski definition) is 7. The van der Waals surface area contributed by atoms with Gasteiger partial charge in [0.2, 0.25) is 20.0 Å². The summed E-state index contributed by atoms with van der Waals surface area (Å²) in [5.41, 5.74) is 0.508. The lowest BCUT2D eigenvalue weighted by Crippen LogP contribution is -2.40. The molecule has 0 aliphatic carbocycles. The van der Waals surface area contributed by atoms with Gasteiger partial charge in [-0.05, 0) is 36.4 Å². The molecule has 0 bridgehead atoms. The van der Waals surface area contributed by atoms with Crippen molar-refractivity contribution in [3.8, 4) is 5.75 Å². The number of morpholine rings is 1. The number of methoxy groups -OCH3 is 1. The lowest BCUT2D eigenvalue weighted by molar-refractivity contribution is 0.0729. The highest BCUT2D eigenvalue weighted by Crippen LogP contribution is 2.31. The smallest absolute Gasteiger partial charge is 0.257 e. The first-order chi connectivity index (χ1) is 15.0. The van der Waals surface area contributed by atoms with Crippen molar-refractivity contribution in [3.05, 3.63) is 47.0 Å². The molecule has 13 heteroatoms. The fourth-order valence-electron chi connectivity index (χ4n) is 3.06. The van der Waals surface area contributed by atoms with Gasteiger partial charge in [-0.15, -0.1) is 0 Å². The standard InChI is InChI=1S/C19H22ClN3O7S2/c1-29-17-6-4-13(12-18(17)32(27,28)23-7-9-30-10-8-23)21-19(24)15-5-3-14(11-16(15)20)22-31(2,25)26/h3-6,11-12,22H,7-10H2,1-2H3,(H,21,24). The molecule has 0 aromatic heterocycles. The summed E-state index contributed by atoms with van der Waals surface area (Å²) in [6.07, 6.45) is 0.994. The normalized spacial score (nSPS) is 15.2. The highest BCUT2D eigenvalue weighted by Gasteiger charge is 2.29. The Bertz CT molecular complexity index is 1230. The van der Waals surface area contributed by atoms with Gasteiger partial charge in [0.1, 0.15) is 10.6 Å². The van der Waals surface area contributed by atoms with Gasteiger partial charge in [-0.1, -0.05) is 11.6 Å². The third kappa shape index (κ3) is 5.70. The summed E-state index contributed by atoms with van der Waals surface area (Å²) in [6, 6.07) is 8.32. The number of halogens is 1. The molecule has 3 rings (SSSR count). The predicted octanol–water partition coefficient (Wildman–Crippen LogP) is 1.99. The fraction of sp³-hybridized carbons (Fsp3) is 0.316. The number of hydrogen-bond donors (Lipinski definition) is 2. The van der Waals surface area contributed by atoms with Gasteiger partial charge in [-0.2, -0.15) is 4.31 Å². The molecule has 1 aliphatic heterocycles. The zero-order valence-electron chi connectivity index (χ0n) is 17.3. The van der Waals surface area contributed by atoms with Gasteiger partial charge < -0.3 is 14.8 Å². The van der Waals surface area contributed by atoms with Crippen LogP contribution in [-0.2, 0) is 24.8 Å². The Kier molecular flexibility index (Phi) is 7.30. The van der Waals surface area contributed by atoms with E-state index in [4.69, 9.17) is 21.1 Å². The number of ether oxygens (including phenoxy) is 2. The van der Waals surface area contributed by atoms with Crippen LogP contribution in [0.4, 0.5) is 11.4 Å². The van der Waals surface area contributed by atoms with Crippen LogP contribution in [0.3, 0.4) is 0 Å². The molecule has 0 unspecified atom stereocenters. The maximum absolute atomic E-state index is 13.1. The number of sulfonamides is 2. The van der Waals surface area contributed by atoms with Crippen LogP contribution >= 0.6 is 11.6 Å². The van der Waals surface area contributed by atoms with E-state index in [-0.39, 0.29) is 45.7 Å². The van der Waals surface area contributed by atoms with Gasteiger partial charge in [0.15, 0.2) is 0 Å². The lowest BCUT2D eigenvalue weighted by atomic mass is 10.2. The minimum absolute atomic E-state index is 0.0193. The first-order valence-corrected chi connectivity index (χ1v) is 13.1. The van der Waals surface area contributed by atoms with Crippen LogP contribution in [0, 0.1) is 0 Å². The third-order valence-corrected chi connectivity index (χ3v) is 7.37. The van der Waals surface area contributed by atoms with Crippen LogP contribution in [0.15, 0.2) is 41.3 Å². The molecule has 2 aromatic rings. The van der Waals surface area contributed by atoms with Gasteiger partial charge in [-0.3, -0.25) is 9.52 Å². The summed E-state index contributed by atoms with van der Waals surface area (Å²) in [6.45, 7) is 1.01. The number of benzene rings is 2. The number of carbonyl (C=O) groups excluding carboxylic acids is 1. The molecule has 0 radical (unpaired) electrons. The van der Waals surface area contributed by atoms with Crippen molar-refractivity contribution in [1.29, 1.82) is 0 Å². The molecule has 2 aromatic carbocycles. The number of rotatable bonds is 7. The van der Waals surface area contributed by atoms with Gasteiger partial charge in [0, 0.05) is 24.5 Å². The maximum Gasteiger partial charge on any atom is 0.257 e. The molecule has 0 saturated carbocycles. The summed E-state index contributed by atoms with van der Waals surface area (Å²) >= 11 is 6.14. The van der Waals surface area contributed by atoms with Crippen molar-refractivity contribution in [3.63, 3.8) is 0 Å². The largest absolute Gasteiger partial charge is 0.495 e. The Morgan fingerprint density at radius 3 is 2.31 bits per heavy atom. The molecular weight excluding hydrogens is 482 g/mol. The summed E-state index contributed by atoms with van der Waals surface area (Å²) < 4.78 is 62.8. The fourth-order valence-corrected chi connectivity index (χ4v) is 5.47. The lowest BCUT2D eigenvalue weighted by Gasteiger charge is -2.26. The monoisotopic (exact) mass is 503 g/mol. The molecule has 1 fully saturated rings. The zero-order chi connectivity index (χ0) is 23.5. The van der Waals surface area contributed by atoms with Crippen molar-refractivity contribution < 1.29 is 31.1 Å². The molecule has 0 spiro atoms. The third-order valence-electron chi connectivity index (χ3n) is 4.53. The molecule has 1 aliphatic rings. The second-order valence-corrected chi connectivity index (χ2v) is 11.0. The van der Waals surface area contributed by atoms with E-state index >= 15 is 0 Å². The maximum atomic E-state index is 13.1. The highest BCUT2D eigenvalue weighted by molar-refractivity contribution is 7.92. The van der Waals surface area contributed by atoms with Crippen molar-refractivity contribution in [2.45, 2.75) is 4.90 Å². The number of nitrogens with zero attached hydrogens (tertiary/aromatic N) is 1. The number of anilines is 2. The van der Waals surface area contributed by atoms with E-state index < -0.39 is 26.0 Å². The molecule has 174 valence electrons. The molecule has 1 heterocycles. The van der Waals surface area contributed by atoms with Crippen LogP contribution in [0.1, 0.15) is 10.4 Å². The van der Waals surface area contributed by atoms with E-state index in [0.717, 1.165) is 6.26 Å². The first kappa shape index (κ1) is 24.3. The van der Waals surface area contributed by atoms with Gasteiger partial charge in [-0.25, -0.2) is 16.8 Å². The van der Waals surface area contributed by atoms with E-state index in [1.807, 2.05) is 0 Å². The quantitative estimate of drug-likeness (QED) is 0.590. The summed E-state index contributed by atoms with van der Waals surface area (Å²) in [7, 11) is -6.01. The van der Waals surface area contributed by atoms with E-state index in [0.29, 0.717) is 13.2 Å². The van der Waals surface area contributed by atoms with Crippen molar-refractivity contribution >= 4 is 48.9 Å². The van der Waals surface area contributed by atoms with Crippen LogP contribution in [0.2, 0.25) is 5.02 Å². The van der Waals surface area contributed by atoms with Gasteiger partial charge in [0.05, 0.1) is 37.2 Å². The van der Waals surface area contributed by atoms with Crippen molar-refractivity contribution in [1.82, 2.24) is 4.31 Å². The second-order valence-electron chi connectivity index (χ2n) is 6.91. The second kappa shape index (κ2) is 9.63. The number of carbonyl (C=O) groups is 1. The van der Waals surface area contributed by atoms with Crippen molar-refractivity contribution in [2.24, 2.45) is 0 Å². The minimum atomic E-state index is -3.87. The van der Waals surface area contributed by atoms with Crippen LogP contribution < -0.4 is 14.8 Å². The van der Waals surface area contributed by atoms with Crippen LogP contribution in [0.5, 0.6) is 5.75 Å². The van der Waals surface area contributed by atoms with Gasteiger partial charge >= 0.3 is 0 Å². The minimum Gasteiger partial charge on any atom is -0.495 e. The van der Waals surface area contributed by atoms with E-state index in [1.165, 1.54) is 47.8 Å². The van der Waals surface area contributed by atoms with E-state index in [1.54, 1.807) is 0 Å². The SMILES string of the molecule is COc1ccc(NC(=O)c2ccc(NS(C)(=O)=O)cc2Cl)cc1S(=O)(=O)N1CCOCC1. The van der Waals surface area contributed by atoms with Crippen LogP contribution in [0.25, 0.3) is 0 Å². The average molecular weight is 504 g/mol. The molecular formula is C19H22ClN3O7S2. The Labute approximate surface area is 191 Å². The summed E-state index contributed by atoms with van der Waals surface area (Å²) in [5, 5.41) is 2.63. The first-order valence-electron chi connectivity index (χ1n) is 9.36. The highest BCUT2D eigenvalue weighted by atomic mass is 35.5. The summed E-state index contributed by atoms with van der Waals surface area (Å²) in [5.74, 6) is -0.454. The summed E-state index contributed by atoms with van der Waals surface area (Å²) in [4.78, 5) is 12.6. The molecule has 10 nitrogen and oxygen atoms in total.